The molecule has 150 valence electrons. The molecule has 2 aliphatic heterocycles. The molecule has 3 amide bonds. The lowest BCUT2D eigenvalue weighted by molar-refractivity contribution is -0.150. The van der Waals surface area contributed by atoms with Gasteiger partial charge in [-0.2, -0.15) is 0 Å². The topological polar surface area (TPSA) is 165 Å². The van der Waals surface area contributed by atoms with Crippen LogP contribution in [-0.4, -0.2) is 70.4 Å². The highest BCUT2D eigenvalue weighted by Crippen LogP contribution is 2.40. The Balaban J connectivity index is 0.00000300. The van der Waals surface area contributed by atoms with Crippen molar-refractivity contribution in [1.29, 1.82) is 0 Å². The molecule has 2 unspecified atom stereocenters. The molecule has 0 radical (unpaired) electrons. The molecule has 11 nitrogen and oxygen atoms in total. The second kappa shape index (κ2) is 7.76. The molecule has 3 rings (SSSR count). The normalized spacial score (nSPS) is 21.7. The molecule has 0 spiro atoms. The molecule has 1 aromatic heterocycles. The number of fused-ring (bicyclic) bond motifs is 1. The zero-order chi connectivity index (χ0) is 20.4. The van der Waals surface area contributed by atoms with Gasteiger partial charge in [0.2, 0.25) is 0 Å². The molecular formula is C16H18N4O7S. The van der Waals surface area contributed by atoms with E-state index in [4.69, 9.17) is 10.2 Å². The van der Waals surface area contributed by atoms with Gasteiger partial charge in [0.25, 0.3) is 11.8 Å². The number of primary amides is 1. The van der Waals surface area contributed by atoms with Crippen molar-refractivity contribution >= 4 is 41.4 Å². The molecule has 1 aromatic rings. The number of carbonyl (C=O) groups excluding carboxylic acids is 3. The molecule has 28 heavy (non-hydrogen) atoms. The highest BCUT2D eigenvalue weighted by atomic mass is 32.2. The molecule has 2 atom stereocenters. The molecule has 0 aromatic carbocycles. The number of hydrogen-bond acceptors (Lipinski definition) is 8. The molecule has 12 heteroatoms. The summed E-state index contributed by atoms with van der Waals surface area (Å²) in [6.45, 7) is -0.331. The van der Waals surface area contributed by atoms with E-state index in [0.717, 1.165) is 4.90 Å². The number of amides is 3. The van der Waals surface area contributed by atoms with Gasteiger partial charge in [0.05, 0.1) is 6.26 Å². The van der Waals surface area contributed by atoms with E-state index in [1.165, 1.54) is 25.1 Å². The highest BCUT2D eigenvalue weighted by Gasteiger charge is 2.54. The summed E-state index contributed by atoms with van der Waals surface area (Å²) >= 11 is 1.24. The summed E-state index contributed by atoms with van der Waals surface area (Å²) in [5.74, 6) is -2.09. The minimum absolute atomic E-state index is 0. The van der Waals surface area contributed by atoms with Crippen LogP contribution in [0, 0.1) is 0 Å². The number of aliphatic imine (C=N–C) groups is 1. The fourth-order valence-electron chi connectivity index (χ4n) is 2.90. The van der Waals surface area contributed by atoms with Crippen molar-refractivity contribution in [2.24, 2.45) is 10.7 Å². The molecule has 1 fully saturated rings. The van der Waals surface area contributed by atoms with Crippen molar-refractivity contribution in [3.05, 3.63) is 35.4 Å². The Morgan fingerprint density at radius 3 is 2.86 bits per heavy atom. The van der Waals surface area contributed by atoms with Crippen LogP contribution >= 0.6 is 11.8 Å². The fraction of sp³-hybridized carbons (Fsp3) is 0.312. The van der Waals surface area contributed by atoms with Gasteiger partial charge >= 0.3 is 12.1 Å². The van der Waals surface area contributed by atoms with Gasteiger partial charge in [0.15, 0.2) is 11.5 Å². The van der Waals surface area contributed by atoms with Crippen molar-refractivity contribution in [1.82, 2.24) is 10.2 Å². The van der Waals surface area contributed by atoms with E-state index < -0.39 is 35.3 Å². The van der Waals surface area contributed by atoms with Crippen LogP contribution < -0.4 is 11.1 Å². The molecule has 0 saturated carbocycles. The SMILES string of the molecule is CN=C(C(=O)NC1C(=O)N2C(C(=O)O)=C(COC(N)=O)CSC12)c1ccco1.[HH]. The average Bonchev–Trinajstić information content (AvgIpc) is 3.18. The lowest BCUT2D eigenvalue weighted by Crippen LogP contribution is -2.71. The number of carboxylic acid groups (broad SMARTS) is 1. The maximum atomic E-state index is 12.5. The van der Waals surface area contributed by atoms with Gasteiger partial charge in [0, 0.05) is 19.8 Å². The summed E-state index contributed by atoms with van der Waals surface area (Å²) in [5, 5.41) is 11.4. The second-order valence-corrected chi connectivity index (χ2v) is 6.88. The van der Waals surface area contributed by atoms with Gasteiger partial charge in [-0.05, 0) is 12.1 Å². The van der Waals surface area contributed by atoms with Crippen molar-refractivity contribution < 1.29 is 34.9 Å². The minimum atomic E-state index is -1.34. The number of nitrogens with zero attached hydrogens (tertiary/aromatic N) is 2. The molecular weight excluding hydrogens is 392 g/mol. The summed E-state index contributed by atoms with van der Waals surface area (Å²) in [6, 6.07) is 2.24. The minimum Gasteiger partial charge on any atom is -0.477 e. The van der Waals surface area contributed by atoms with Crippen LogP contribution in [0.1, 0.15) is 7.19 Å². The Labute approximate surface area is 164 Å². The zero-order valence-corrected chi connectivity index (χ0v) is 15.4. The van der Waals surface area contributed by atoms with Gasteiger partial charge in [-0.3, -0.25) is 19.5 Å². The number of aliphatic carboxylic acids is 1. The number of rotatable bonds is 6. The quantitative estimate of drug-likeness (QED) is 0.428. The van der Waals surface area contributed by atoms with Crippen LogP contribution in [0.25, 0.3) is 0 Å². The van der Waals surface area contributed by atoms with Gasteiger partial charge in [0.1, 0.15) is 23.7 Å². The maximum Gasteiger partial charge on any atom is 0.404 e. The summed E-state index contributed by atoms with van der Waals surface area (Å²) in [6.07, 6.45) is 0.342. The number of nitrogens with one attached hydrogen (secondary N) is 1. The van der Waals surface area contributed by atoms with Crippen molar-refractivity contribution in [3.8, 4) is 0 Å². The van der Waals surface area contributed by atoms with E-state index >= 15 is 0 Å². The van der Waals surface area contributed by atoms with E-state index in [1.807, 2.05) is 0 Å². The first kappa shape index (κ1) is 19.5. The third-order valence-corrected chi connectivity index (χ3v) is 5.46. The second-order valence-electron chi connectivity index (χ2n) is 5.78. The number of ether oxygens (including phenoxy) is 1. The van der Waals surface area contributed by atoms with Crippen LogP contribution in [0.5, 0.6) is 0 Å². The Kier molecular flexibility index (Phi) is 5.40. The first-order chi connectivity index (χ1) is 13.3. The Bertz CT molecular complexity index is 899. The maximum absolute atomic E-state index is 12.5. The molecule has 3 heterocycles. The Morgan fingerprint density at radius 2 is 2.29 bits per heavy atom. The van der Waals surface area contributed by atoms with Crippen LogP contribution in [-0.2, 0) is 19.1 Å². The summed E-state index contributed by atoms with van der Waals surface area (Å²) in [5.41, 5.74) is 4.90. The third kappa shape index (κ3) is 3.45. The van der Waals surface area contributed by atoms with Gasteiger partial charge in [-0.25, -0.2) is 9.59 Å². The number of hydrogen-bond donors (Lipinski definition) is 3. The third-order valence-electron chi connectivity index (χ3n) is 4.12. The smallest absolute Gasteiger partial charge is 0.404 e. The first-order valence-electron chi connectivity index (χ1n) is 7.99. The van der Waals surface area contributed by atoms with E-state index in [1.54, 1.807) is 12.1 Å². The van der Waals surface area contributed by atoms with Crippen LogP contribution in [0.4, 0.5) is 4.79 Å². The van der Waals surface area contributed by atoms with Gasteiger partial charge in [-0.1, -0.05) is 0 Å². The van der Waals surface area contributed by atoms with Crippen molar-refractivity contribution in [3.63, 3.8) is 0 Å². The average molecular weight is 410 g/mol. The Morgan fingerprint density at radius 1 is 1.54 bits per heavy atom. The standard InChI is InChI=1S/C16H16N4O7S.H2/c1-18-9(8-3-2-4-26-8)12(21)19-10-13(22)20-11(15(23)24)7(5-27-16(17)25)6-28-14(10)20;/h2-4,10,14H,5-6H2,1H3,(H2,17,25)(H,19,21)(H,23,24);1H. The van der Waals surface area contributed by atoms with Gasteiger partial charge < -0.3 is 25.3 Å². The number of nitrogens with two attached hydrogens (primary N) is 1. The fourth-order valence-corrected chi connectivity index (χ4v) is 4.23. The van der Waals surface area contributed by atoms with E-state index in [0.29, 0.717) is 0 Å². The summed E-state index contributed by atoms with van der Waals surface area (Å²) < 4.78 is 9.81. The van der Waals surface area contributed by atoms with Crippen LogP contribution in [0.2, 0.25) is 0 Å². The molecule has 2 aliphatic rings. The largest absolute Gasteiger partial charge is 0.477 e. The molecule has 1 saturated heterocycles. The number of carboxylic acids is 1. The van der Waals surface area contributed by atoms with Gasteiger partial charge in [-0.15, -0.1) is 11.8 Å². The number of thioether (sulfide) groups is 1. The summed E-state index contributed by atoms with van der Waals surface area (Å²) in [7, 11) is 1.41. The van der Waals surface area contributed by atoms with E-state index in [2.05, 4.69) is 15.0 Å². The monoisotopic (exact) mass is 410 g/mol. The molecule has 0 aliphatic carbocycles. The molecule has 4 N–H and O–H groups in total. The predicted molar refractivity (Wildman–Crippen MR) is 98.5 cm³/mol. The number of β-lactam (4-membered cyclic amide) rings is 1. The predicted octanol–water partition coefficient (Wildman–Crippen LogP) is -0.222. The van der Waals surface area contributed by atoms with Crippen molar-refractivity contribution in [2.45, 2.75) is 11.4 Å². The van der Waals surface area contributed by atoms with Crippen LogP contribution in [0.15, 0.2) is 39.1 Å². The van der Waals surface area contributed by atoms with E-state index in [-0.39, 0.29) is 36.5 Å². The number of carbonyl (C=O) groups is 4. The Hall–Kier alpha value is -3.28. The zero-order valence-electron chi connectivity index (χ0n) is 14.6. The lowest BCUT2D eigenvalue weighted by atomic mass is 10.0. The molecule has 0 bridgehead atoms. The summed E-state index contributed by atoms with van der Waals surface area (Å²) in [4.78, 5) is 52.4. The van der Waals surface area contributed by atoms with Crippen LogP contribution in [0.3, 0.4) is 0 Å². The first-order valence-corrected chi connectivity index (χ1v) is 9.03. The highest BCUT2D eigenvalue weighted by molar-refractivity contribution is 8.00. The number of furan rings is 1. The van der Waals surface area contributed by atoms with E-state index in [9.17, 15) is 24.3 Å². The van der Waals surface area contributed by atoms with Crippen molar-refractivity contribution in [2.75, 3.05) is 19.4 Å². The lowest BCUT2D eigenvalue weighted by Gasteiger charge is -2.49.